The number of nitrogens with one attached hydrogen (secondary N) is 1. The van der Waals surface area contributed by atoms with Gasteiger partial charge in [0.25, 0.3) is 0 Å². The fraction of sp³-hybridized carbons (Fsp3) is 0.647. The summed E-state index contributed by atoms with van der Waals surface area (Å²) in [6.07, 6.45) is 7.49. The van der Waals surface area contributed by atoms with Crippen molar-refractivity contribution in [1.82, 2.24) is 5.32 Å². The number of aliphatic hydroxyl groups excluding tert-OH is 1. The van der Waals surface area contributed by atoms with Crippen LogP contribution in [0.5, 0.6) is 0 Å². The van der Waals surface area contributed by atoms with Crippen molar-refractivity contribution in [1.29, 1.82) is 0 Å². The second-order valence-electron chi connectivity index (χ2n) is 5.80. The van der Waals surface area contributed by atoms with Crippen molar-refractivity contribution >= 4 is 0 Å². The molecule has 0 aromatic heterocycles. The van der Waals surface area contributed by atoms with E-state index in [9.17, 15) is 5.11 Å². The van der Waals surface area contributed by atoms with Crippen LogP contribution < -0.4 is 5.32 Å². The molecule has 1 aliphatic carbocycles. The van der Waals surface area contributed by atoms with Crippen LogP contribution in [0.4, 0.5) is 0 Å². The molecular formula is C17H27NO. The van der Waals surface area contributed by atoms with E-state index in [-0.39, 0.29) is 12.6 Å². The lowest BCUT2D eigenvalue weighted by atomic mass is 9.82. The Bertz CT molecular complexity index is 352. The molecule has 1 aromatic carbocycles. The van der Waals surface area contributed by atoms with Gasteiger partial charge in [0.1, 0.15) is 0 Å². The van der Waals surface area contributed by atoms with Gasteiger partial charge in [-0.25, -0.2) is 0 Å². The summed E-state index contributed by atoms with van der Waals surface area (Å²) in [7, 11) is 0. The lowest BCUT2D eigenvalue weighted by Crippen LogP contribution is -2.46. The summed E-state index contributed by atoms with van der Waals surface area (Å²) in [4.78, 5) is 0. The zero-order valence-electron chi connectivity index (χ0n) is 12.0. The Hall–Kier alpha value is -0.860. The highest BCUT2D eigenvalue weighted by Crippen LogP contribution is 2.27. The highest BCUT2D eigenvalue weighted by molar-refractivity contribution is 5.16. The quantitative estimate of drug-likeness (QED) is 0.824. The first-order chi connectivity index (χ1) is 9.33. The summed E-state index contributed by atoms with van der Waals surface area (Å²) in [5.74, 6) is 0.790. The predicted molar refractivity (Wildman–Crippen MR) is 80.2 cm³/mol. The summed E-state index contributed by atoms with van der Waals surface area (Å²) in [5, 5.41) is 13.3. The lowest BCUT2D eigenvalue weighted by Gasteiger charge is -2.34. The SMILES string of the molecule is CCC1CCCCC1N[C@H](CO)Cc1ccccc1. The van der Waals surface area contributed by atoms with Crippen molar-refractivity contribution in [3.8, 4) is 0 Å². The Morgan fingerprint density at radius 2 is 1.95 bits per heavy atom. The van der Waals surface area contributed by atoms with Gasteiger partial charge in [0.15, 0.2) is 0 Å². The molecule has 1 aliphatic rings. The first kappa shape index (κ1) is 14.5. The summed E-state index contributed by atoms with van der Waals surface area (Å²) >= 11 is 0. The number of benzene rings is 1. The van der Waals surface area contributed by atoms with Crippen LogP contribution in [-0.2, 0) is 6.42 Å². The molecule has 3 atom stereocenters. The molecule has 2 unspecified atom stereocenters. The van der Waals surface area contributed by atoms with Crippen LogP contribution in [0.25, 0.3) is 0 Å². The summed E-state index contributed by atoms with van der Waals surface area (Å²) in [6.45, 7) is 2.51. The second kappa shape index (κ2) is 7.66. The third kappa shape index (κ3) is 4.32. The minimum atomic E-state index is 0.194. The first-order valence-electron chi connectivity index (χ1n) is 7.74. The van der Waals surface area contributed by atoms with E-state index in [4.69, 9.17) is 0 Å². The van der Waals surface area contributed by atoms with Crippen LogP contribution in [0, 0.1) is 5.92 Å². The molecule has 0 bridgehead atoms. The van der Waals surface area contributed by atoms with Gasteiger partial charge >= 0.3 is 0 Å². The van der Waals surface area contributed by atoms with E-state index >= 15 is 0 Å². The molecule has 0 heterocycles. The molecule has 1 saturated carbocycles. The van der Waals surface area contributed by atoms with Crippen molar-refractivity contribution in [2.45, 2.75) is 57.5 Å². The molecule has 0 amide bonds. The predicted octanol–water partition coefficient (Wildman–Crippen LogP) is 3.15. The van der Waals surface area contributed by atoms with Crippen LogP contribution in [0.3, 0.4) is 0 Å². The summed E-state index contributed by atoms with van der Waals surface area (Å²) in [5.41, 5.74) is 1.30. The molecule has 2 rings (SSSR count). The maximum absolute atomic E-state index is 9.61. The van der Waals surface area contributed by atoms with Crippen molar-refractivity contribution in [3.05, 3.63) is 35.9 Å². The lowest BCUT2D eigenvalue weighted by molar-refractivity contribution is 0.186. The fourth-order valence-corrected chi connectivity index (χ4v) is 3.29. The van der Waals surface area contributed by atoms with E-state index in [1.807, 2.05) is 6.07 Å². The van der Waals surface area contributed by atoms with Gasteiger partial charge in [-0.05, 0) is 30.7 Å². The van der Waals surface area contributed by atoms with Crippen LogP contribution in [0.15, 0.2) is 30.3 Å². The maximum Gasteiger partial charge on any atom is 0.0587 e. The molecule has 0 spiro atoms. The molecule has 2 heteroatoms. The zero-order chi connectivity index (χ0) is 13.5. The van der Waals surface area contributed by atoms with Crippen LogP contribution in [-0.4, -0.2) is 23.8 Å². The molecule has 19 heavy (non-hydrogen) atoms. The Morgan fingerprint density at radius 1 is 1.21 bits per heavy atom. The molecule has 2 nitrogen and oxygen atoms in total. The van der Waals surface area contributed by atoms with Gasteiger partial charge < -0.3 is 10.4 Å². The molecule has 1 aromatic rings. The van der Waals surface area contributed by atoms with Crippen molar-refractivity contribution < 1.29 is 5.11 Å². The Labute approximate surface area is 117 Å². The van der Waals surface area contributed by atoms with E-state index in [2.05, 4.69) is 36.5 Å². The molecule has 0 radical (unpaired) electrons. The Balaban J connectivity index is 1.90. The minimum absolute atomic E-state index is 0.194. The fourth-order valence-electron chi connectivity index (χ4n) is 3.29. The Morgan fingerprint density at radius 3 is 2.63 bits per heavy atom. The molecule has 2 N–H and O–H groups in total. The first-order valence-corrected chi connectivity index (χ1v) is 7.74. The van der Waals surface area contributed by atoms with Crippen molar-refractivity contribution in [3.63, 3.8) is 0 Å². The van der Waals surface area contributed by atoms with Crippen molar-refractivity contribution in [2.24, 2.45) is 5.92 Å². The second-order valence-corrected chi connectivity index (χ2v) is 5.80. The smallest absolute Gasteiger partial charge is 0.0587 e. The molecule has 0 aliphatic heterocycles. The Kier molecular flexibility index (Phi) is 5.87. The molecule has 106 valence electrons. The van der Waals surface area contributed by atoms with Gasteiger partial charge in [-0.1, -0.05) is 56.5 Å². The average molecular weight is 261 g/mol. The maximum atomic E-state index is 9.61. The normalized spacial score (nSPS) is 25.2. The molecule has 0 saturated heterocycles. The standard InChI is InChI=1S/C17H27NO/c1-2-15-10-6-7-11-17(15)18-16(13-19)12-14-8-4-3-5-9-14/h3-5,8-9,15-19H,2,6-7,10-13H2,1H3/t15?,16-,17?/m0/s1. The van der Waals surface area contributed by atoms with E-state index in [1.165, 1.54) is 37.7 Å². The van der Waals surface area contributed by atoms with Crippen molar-refractivity contribution in [2.75, 3.05) is 6.61 Å². The van der Waals surface area contributed by atoms with Gasteiger partial charge in [-0.2, -0.15) is 0 Å². The summed E-state index contributed by atoms with van der Waals surface area (Å²) < 4.78 is 0. The summed E-state index contributed by atoms with van der Waals surface area (Å²) in [6, 6.07) is 11.3. The van der Waals surface area contributed by atoms with Crippen LogP contribution >= 0.6 is 0 Å². The number of hydrogen-bond acceptors (Lipinski definition) is 2. The average Bonchev–Trinajstić information content (AvgIpc) is 2.48. The van der Waals surface area contributed by atoms with Gasteiger partial charge in [0.2, 0.25) is 0 Å². The number of rotatable bonds is 6. The molecular weight excluding hydrogens is 234 g/mol. The van der Waals surface area contributed by atoms with Gasteiger partial charge in [0, 0.05) is 12.1 Å². The highest BCUT2D eigenvalue weighted by Gasteiger charge is 2.25. The van der Waals surface area contributed by atoms with Gasteiger partial charge in [-0.3, -0.25) is 0 Å². The van der Waals surface area contributed by atoms with Crippen LogP contribution in [0.1, 0.15) is 44.6 Å². The van der Waals surface area contributed by atoms with E-state index in [1.54, 1.807) is 0 Å². The molecule has 1 fully saturated rings. The number of hydrogen-bond donors (Lipinski definition) is 2. The number of aliphatic hydroxyl groups is 1. The van der Waals surface area contributed by atoms with E-state index in [0.717, 1.165) is 12.3 Å². The van der Waals surface area contributed by atoms with Gasteiger partial charge in [0.05, 0.1) is 6.61 Å². The van der Waals surface area contributed by atoms with E-state index in [0.29, 0.717) is 6.04 Å². The minimum Gasteiger partial charge on any atom is -0.395 e. The highest BCUT2D eigenvalue weighted by atomic mass is 16.3. The topological polar surface area (TPSA) is 32.3 Å². The third-order valence-electron chi connectivity index (χ3n) is 4.43. The monoisotopic (exact) mass is 261 g/mol. The zero-order valence-corrected chi connectivity index (χ0v) is 12.0. The van der Waals surface area contributed by atoms with Gasteiger partial charge in [-0.15, -0.1) is 0 Å². The van der Waals surface area contributed by atoms with Crippen LogP contribution in [0.2, 0.25) is 0 Å². The van der Waals surface area contributed by atoms with E-state index < -0.39 is 0 Å². The largest absolute Gasteiger partial charge is 0.395 e. The third-order valence-corrected chi connectivity index (χ3v) is 4.43.